The van der Waals surface area contributed by atoms with Crippen LogP contribution < -0.4 is 16.0 Å². The van der Waals surface area contributed by atoms with E-state index in [0.717, 1.165) is 18.5 Å². The van der Waals surface area contributed by atoms with Gasteiger partial charge in [-0.3, -0.25) is 4.79 Å². The molecule has 0 saturated carbocycles. The van der Waals surface area contributed by atoms with Gasteiger partial charge in [0.25, 0.3) is 0 Å². The first-order valence-corrected chi connectivity index (χ1v) is 7.91. The number of hydrogen-bond acceptors (Lipinski definition) is 4. The zero-order valence-corrected chi connectivity index (χ0v) is 17.1. The second-order valence-corrected chi connectivity index (χ2v) is 5.09. The number of carbonyl (C=O) groups is 1. The van der Waals surface area contributed by atoms with Gasteiger partial charge >= 0.3 is 0 Å². The van der Waals surface area contributed by atoms with Gasteiger partial charge in [0, 0.05) is 32.9 Å². The molecule has 1 rings (SSSR count). The number of aliphatic imine (C=N–C) groups is 1. The number of halogens is 2. The molecule has 0 aliphatic carbocycles. The maximum absolute atomic E-state index is 11.6. The van der Waals surface area contributed by atoms with Crippen molar-refractivity contribution < 1.29 is 9.53 Å². The molecule has 0 atom stereocenters. The van der Waals surface area contributed by atoms with Crippen LogP contribution >= 0.6 is 35.6 Å². The largest absolute Gasteiger partial charge is 0.383 e. The van der Waals surface area contributed by atoms with Crippen LogP contribution in [0.2, 0.25) is 5.15 Å². The van der Waals surface area contributed by atoms with Gasteiger partial charge < -0.3 is 20.7 Å². The Balaban J connectivity index is 0.00000529. The fourth-order valence-corrected chi connectivity index (χ4v) is 1.83. The van der Waals surface area contributed by atoms with Crippen LogP contribution in [0.3, 0.4) is 0 Å². The third-order valence-electron chi connectivity index (χ3n) is 2.85. The van der Waals surface area contributed by atoms with Crippen LogP contribution in [0.25, 0.3) is 0 Å². The minimum atomic E-state index is -0.138. The molecule has 0 aliphatic heterocycles. The minimum Gasteiger partial charge on any atom is -0.383 e. The number of ether oxygens (including phenoxy) is 1. The second-order valence-electron chi connectivity index (χ2n) is 4.70. The van der Waals surface area contributed by atoms with Gasteiger partial charge in [0.2, 0.25) is 5.91 Å². The highest BCUT2D eigenvalue weighted by molar-refractivity contribution is 14.0. The maximum atomic E-state index is 11.6. The molecule has 24 heavy (non-hydrogen) atoms. The van der Waals surface area contributed by atoms with Crippen molar-refractivity contribution in [3.63, 3.8) is 0 Å². The number of carbonyl (C=O) groups excluding carboxylic acids is 1. The number of nitrogens with one attached hydrogen (secondary N) is 3. The Morgan fingerprint density at radius 1 is 1.29 bits per heavy atom. The lowest BCUT2D eigenvalue weighted by atomic mass is 10.2. The molecule has 3 N–H and O–H groups in total. The number of nitrogens with zero attached hydrogens (tertiary/aromatic N) is 2. The Hall–Kier alpha value is -1.13. The summed E-state index contributed by atoms with van der Waals surface area (Å²) >= 11 is 5.75. The average molecular weight is 470 g/mol. The zero-order chi connectivity index (χ0) is 16.9. The molecule has 1 aromatic heterocycles. The van der Waals surface area contributed by atoms with Gasteiger partial charge in [-0.1, -0.05) is 17.7 Å². The van der Waals surface area contributed by atoms with Crippen molar-refractivity contribution in [2.75, 3.05) is 39.9 Å². The second kappa shape index (κ2) is 14.2. The first kappa shape index (κ1) is 22.9. The van der Waals surface area contributed by atoms with Crippen LogP contribution in [0.15, 0.2) is 23.3 Å². The predicted molar refractivity (Wildman–Crippen MR) is 107 cm³/mol. The van der Waals surface area contributed by atoms with Crippen molar-refractivity contribution in [2.24, 2.45) is 4.99 Å². The van der Waals surface area contributed by atoms with Crippen molar-refractivity contribution in [3.05, 3.63) is 29.0 Å². The van der Waals surface area contributed by atoms with Crippen LogP contribution in [0.4, 0.5) is 0 Å². The van der Waals surface area contributed by atoms with E-state index in [9.17, 15) is 4.79 Å². The van der Waals surface area contributed by atoms with Gasteiger partial charge in [0.05, 0.1) is 6.61 Å². The Kier molecular flexibility index (Phi) is 13.6. The first-order chi connectivity index (χ1) is 11.2. The van der Waals surface area contributed by atoms with E-state index in [1.165, 1.54) is 0 Å². The lowest BCUT2D eigenvalue weighted by Crippen LogP contribution is -2.39. The molecular formula is C15H25ClIN5O2. The van der Waals surface area contributed by atoms with Crippen LogP contribution in [-0.4, -0.2) is 56.7 Å². The van der Waals surface area contributed by atoms with Crippen LogP contribution in [0.5, 0.6) is 0 Å². The zero-order valence-electron chi connectivity index (χ0n) is 14.0. The van der Waals surface area contributed by atoms with E-state index in [1.54, 1.807) is 19.4 Å². The molecular weight excluding hydrogens is 445 g/mol. The highest BCUT2D eigenvalue weighted by atomic mass is 127. The molecule has 0 saturated heterocycles. The summed E-state index contributed by atoms with van der Waals surface area (Å²) in [4.78, 5) is 19.9. The number of methoxy groups -OCH3 is 1. The summed E-state index contributed by atoms with van der Waals surface area (Å²) in [5, 5.41) is 9.48. The standard InChI is InChI=1S/C15H24ClN5O2.HI/c1-3-17-15(21-11-14(22)18-8-9-23-2)19-7-6-12-4-5-13(16)20-10-12;/h4-5,10H,3,6-9,11H2,1-2H3,(H,18,22)(H2,17,19,21);1H. The molecule has 0 aromatic carbocycles. The Morgan fingerprint density at radius 3 is 2.71 bits per heavy atom. The molecule has 0 aliphatic rings. The van der Waals surface area contributed by atoms with Gasteiger partial charge in [-0.2, -0.15) is 0 Å². The summed E-state index contributed by atoms with van der Waals surface area (Å²) in [6.45, 7) is 4.42. The molecule has 0 radical (unpaired) electrons. The summed E-state index contributed by atoms with van der Waals surface area (Å²) < 4.78 is 4.87. The quantitative estimate of drug-likeness (QED) is 0.166. The van der Waals surface area contributed by atoms with Crippen molar-refractivity contribution in [1.29, 1.82) is 0 Å². The average Bonchev–Trinajstić information content (AvgIpc) is 2.54. The molecule has 0 spiro atoms. The maximum Gasteiger partial charge on any atom is 0.241 e. The van der Waals surface area contributed by atoms with E-state index < -0.39 is 0 Å². The van der Waals surface area contributed by atoms with Gasteiger partial charge in [0.15, 0.2) is 5.96 Å². The van der Waals surface area contributed by atoms with Crippen molar-refractivity contribution in [2.45, 2.75) is 13.3 Å². The molecule has 1 heterocycles. The highest BCUT2D eigenvalue weighted by Gasteiger charge is 2.02. The molecule has 9 heteroatoms. The summed E-state index contributed by atoms with van der Waals surface area (Å²) in [6, 6.07) is 3.70. The number of aromatic nitrogens is 1. The molecule has 1 aromatic rings. The van der Waals surface area contributed by atoms with Gasteiger partial charge in [0.1, 0.15) is 11.7 Å². The predicted octanol–water partition coefficient (Wildman–Crippen LogP) is 1.21. The van der Waals surface area contributed by atoms with E-state index in [2.05, 4.69) is 25.9 Å². The molecule has 0 fully saturated rings. The topological polar surface area (TPSA) is 87.6 Å². The Morgan fingerprint density at radius 2 is 2.08 bits per heavy atom. The van der Waals surface area contributed by atoms with Gasteiger partial charge in [-0.05, 0) is 25.0 Å². The smallest absolute Gasteiger partial charge is 0.241 e. The Labute approximate surface area is 165 Å². The number of pyridine rings is 1. The van der Waals surface area contributed by atoms with Crippen molar-refractivity contribution in [1.82, 2.24) is 20.9 Å². The van der Waals surface area contributed by atoms with Crippen LogP contribution in [-0.2, 0) is 16.0 Å². The lowest BCUT2D eigenvalue weighted by molar-refractivity contribution is -0.119. The third-order valence-corrected chi connectivity index (χ3v) is 3.07. The van der Waals surface area contributed by atoms with Gasteiger partial charge in [-0.25, -0.2) is 9.98 Å². The summed E-state index contributed by atoms with van der Waals surface area (Å²) in [5.41, 5.74) is 1.08. The monoisotopic (exact) mass is 469 g/mol. The van der Waals surface area contributed by atoms with E-state index in [0.29, 0.717) is 30.8 Å². The van der Waals surface area contributed by atoms with Gasteiger partial charge in [-0.15, -0.1) is 24.0 Å². The van der Waals surface area contributed by atoms with E-state index >= 15 is 0 Å². The lowest BCUT2D eigenvalue weighted by Gasteiger charge is -2.11. The SMILES string of the molecule is CCNC(=NCC(=O)NCCOC)NCCc1ccc(Cl)nc1.I. The molecule has 136 valence electrons. The highest BCUT2D eigenvalue weighted by Crippen LogP contribution is 2.05. The van der Waals surface area contributed by atoms with E-state index in [4.69, 9.17) is 16.3 Å². The fraction of sp³-hybridized carbons (Fsp3) is 0.533. The molecule has 7 nitrogen and oxygen atoms in total. The molecule has 1 amide bonds. The normalized spacial score (nSPS) is 10.7. The van der Waals surface area contributed by atoms with Crippen LogP contribution in [0, 0.1) is 0 Å². The summed E-state index contributed by atoms with van der Waals surface area (Å²) in [5.74, 6) is 0.470. The summed E-state index contributed by atoms with van der Waals surface area (Å²) in [7, 11) is 1.59. The number of amides is 1. The molecule has 0 unspecified atom stereocenters. The van der Waals surface area contributed by atoms with Crippen molar-refractivity contribution >= 4 is 47.4 Å². The Bertz CT molecular complexity index is 499. The van der Waals surface area contributed by atoms with Crippen molar-refractivity contribution in [3.8, 4) is 0 Å². The number of guanidine groups is 1. The molecule has 0 bridgehead atoms. The van der Waals surface area contributed by atoms with Crippen LogP contribution in [0.1, 0.15) is 12.5 Å². The minimum absolute atomic E-state index is 0. The third kappa shape index (κ3) is 10.6. The number of hydrogen-bond donors (Lipinski definition) is 3. The van der Waals surface area contributed by atoms with E-state index in [-0.39, 0.29) is 36.4 Å². The first-order valence-electron chi connectivity index (χ1n) is 7.54. The number of rotatable bonds is 9. The fourth-order valence-electron chi connectivity index (χ4n) is 1.72. The summed E-state index contributed by atoms with van der Waals surface area (Å²) in [6.07, 6.45) is 2.53. The van der Waals surface area contributed by atoms with E-state index in [1.807, 2.05) is 13.0 Å².